The van der Waals surface area contributed by atoms with Gasteiger partial charge in [-0.25, -0.2) is 4.39 Å². The van der Waals surface area contributed by atoms with E-state index >= 15 is 0 Å². The van der Waals surface area contributed by atoms with Crippen molar-refractivity contribution in [1.82, 2.24) is 0 Å². The van der Waals surface area contributed by atoms with Crippen molar-refractivity contribution in [3.8, 4) is 6.07 Å². The molecule has 0 unspecified atom stereocenters. The second kappa shape index (κ2) is 4.06. The Kier molecular flexibility index (Phi) is 2.72. The number of nitriles is 1. The highest BCUT2D eigenvalue weighted by atomic mass is 19.1. The Morgan fingerprint density at radius 3 is 2.82 bits per heavy atom. The van der Waals surface area contributed by atoms with E-state index in [1.807, 2.05) is 0 Å². The van der Waals surface area contributed by atoms with E-state index < -0.39 is 23.2 Å². The summed E-state index contributed by atoms with van der Waals surface area (Å²) >= 11 is 0. The average Bonchev–Trinajstić information content (AvgIpc) is 2.22. The van der Waals surface area contributed by atoms with Crippen LogP contribution in [0.1, 0.15) is 12.8 Å². The molecule has 1 fully saturated rings. The number of halogens is 1. The summed E-state index contributed by atoms with van der Waals surface area (Å²) in [5.41, 5.74) is -0.382. The monoisotopic (exact) mass is 234 g/mol. The molecular weight excluding hydrogens is 223 g/mol. The Morgan fingerprint density at radius 2 is 2.29 bits per heavy atom. The standard InChI is InChI=1S/C12H11FN2O2/c13-9-2-1-3-10(4-9)15-12(7-14)5-8(6-12)11(16)17/h1-4,8,15H,5-6H2,(H,16,17). The lowest BCUT2D eigenvalue weighted by atomic mass is 9.69. The molecule has 0 heterocycles. The van der Waals surface area contributed by atoms with Gasteiger partial charge in [0.1, 0.15) is 11.4 Å². The topological polar surface area (TPSA) is 73.1 Å². The summed E-state index contributed by atoms with van der Waals surface area (Å²) in [7, 11) is 0. The second-order valence-corrected chi connectivity index (χ2v) is 4.27. The summed E-state index contributed by atoms with van der Waals surface area (Å²) in [5, 5.41) is 20.7. The van der Waals surface area contributed by atoms with Gasteiger partial charge in [-0.3, -0.25) is 4.79 Å². The quantitative estimate of drug-likeness (QED) is 0.838. The van der Waals surface area contributed by atoms with E-state index in [1.54, 1.807) is 6.07 Å². The van der Waals surface area contributed by atoms with Gasteiger partial charge in [0.2, 0.25) is 0 Å². The van der Waals surface area contributed by atoms with Gasteiger partial charge in [0.25, 0.3) is 0 Å². The van der Waals surface area contributed by atoms with Gasteiger partial charge in [-0.15, -0.1) is 0 Å². The van der Waals surface area contributed by atoms with E-state index in [4.69, 9.17) is 10.4 Å². The SMILES string of the molecule is N#CC1(Nc2cccc(F)c2)CC(C(=O)O)C1. The first kappa shape index (κ1) is 11.4. The second-order valence-electron chi connectivity index (χ2n) is 4.27. The number of carboxylic acid groups (broad SMARTS) is 1. The van der Waals surface area contributed by atoms with E-state index in [9.17, 15) is 9.18 Å². The molecule has 0 saturated heterocycles. The summed E-state index contributed by atoms with van der Waals surface area (Å²) in [6, 6.07) is 7.85. The van der Waals surface area contributed by atoms with E-state index in [0.29, 0.717) is 5.69 Å². The molecule has 1 aliphatic carbocycles. The third-order valence-corrected chi connectivity index (χ3v) is 2.96. The third kappa shape index (κ3) is 2.21. The van der Waals surface area contributed by atoms with Gasteiger partial charge in [0.05, 0.1) is 12.0 Å². The van der Waals surface area contributed by atoms with Crippen LogP contribution in [0.2, 0.25) is 0 Å². The predicted octanol–water partition coefficient (Wildman–Crippen LogP) is 1.99. The van der Waals surface area contributed by atoms with Crippen LogP contribution in [0.5, 0.6) is 0 Å². The Labute approximate surface area is 97.7 Å². The fourth-order valence-corrected chi connectivity index (χ4v) is 2.02. The van der Waals surface area contributed by atoms with Crippen LogP contribution < -0.4 is 5.32 Å². The molecule has 2 N–H and O–H groups in total. The number of nitrogens with zero attached hydrogens (tertiary/aromatic N) is 1. The highest BCUT2D eigenvalue weighted by molar-refractivity contribution is 5.73. The Morgan fingerprint density at radius 1 is 1.59 bits per heavy atom. The zero-order valence-electron chi connectivity index (χ0n) is 8.98. The van der Waals surface area contributed by atoms with Gasteiger partial charge in [-0.05, 0) is 31.0 Å². The first-order chi connectivity index (χ1) is 8.04. The molecule has 0 amide bonds. The van der Waals surface area contributed by atoms with Crippen LogP contribution in [0.3, 0.4) is 0 Å². The minimum absolute atomic E-state index is 0.245. The first-order valence-electron chi connectivity index (χ1n) is 5.22. The van der Waals surface area contributed by atoms with Crippen LogP contribution in [0.25, 0.3) is 0 Å². The molecule has 0 radical (unpaired) electrons. The van der Waals surface area contributed by atoms with Gasteiger partial charge in [0, 0.05) is 5.69 Å². The van der Waals surface area contributed by atoms with Crippen molar-refractivity contribution in [3.05, 3.63) is 30.1 Å². The third-order valence-electron chi connectivity index (χ3n) is 2.96. The summed E-state index contributed by atoms with van der Waals surface area (Å²) < 4.78 is 13.0. The number of hydrogen-bond donors (Lipinski definition) is 2. The molecule has 0 aliphatic heterocycles. The molecule has 1 aromatic carbocycles. The molecule has 4 nitrogen and oxygen atoms in total. The number of benzene rings is 1. The number of rotatable bonds is 3. The molecule has 0 atom stereocenters. The van der Waals surface area contributed by atoms with Crippen LogP contribution in [-0.2, 0) is 4.79 Å². The summed E-state index contributed by atoms with van der Waals surface area (Å²) in [5.74, 6) is -1.77. The smallest absolute Gasteiger partial charge is 0.306 e. The van der Waals surface area contributed by atoms with Crippen LogP contribution in [-0.4, -0.2) is 16.6 Å². The number of anilines is 1. The number of aliphatic carboxylic acids is 1. The molecule has 0 bridgehead atoms. The van der Waals surface area contributed by atoms with Crippen molar-refractivity contribution in [2.45, 2.75) is 18.4 Å². The van der Waals surface area contributed by atoms with Crippen molar-refractivity contribution < 1.29 is 14.3 Å². The summed E-state index contributed by atoms with van der Waals surface area (Å²) in [4.78, 5) is 10.7. The highest BCUT2D eigenvalue weighted by Crippen LogP contribution is 2.40. The Hall–Kier alpha value is -2.09. The molecule has 2 rings (SSSR count). The minimum atomic E-state index is -0.892. The molecule has 5 heteroatoms. The normalized spacial score (nSPS) is 26.7. The van der Waals surface area contributed by atoms with Crippen molar-refractivity contribution in [2.24, 2.45) is 5.92 Å². The summed E-state index contributed by atoms with van der Waals surface area (Å²) in [6.07, 6.45) is 0.491. The van der Waals surface area contributed by atoms with Gasteiger partial charge in [-0.1, -0.05) is 6.07 Å². The van der Waals surface area contributed by atoms with Gasteiger partial charge in [-0.2, -0.15) is 5.26 Å². The maximum atomic E-state index is 13.0. The fourth-order valence-electron chi connectivity index (χ4n) is 2.02. The molecule has 1 saturated carbocycles. The zero-order valence-corrected chi connectivity index (χ0v) is 8.98. The van der Waals surface area contributed by atoms with Crippen molar-refractivity contribution in [3.63, 3.8) is 0 Å². The van der Waals surface area contributed by atoms with Crippen molar-refractivity contribution >= 4 is 11.7 Å². The molecule has 0 spiro atoms. The maximum Gasteiger partial charge on any atom is 0.306 e. The predicted molar refractivity (Wildman–Crippen MR) is 58.7 cm³/mol. The molecule has 1 aliphatic rings. The largest absolute Gasteiger partial charge is 0.481 e. The maximum absolute atomic E-state index is 13.0. The van der Waals surface area contributed by atoms with Crippen LogP contribution in [0, 0.1) is 23.1 Å². The molecule has 88 valence electrons. The lowest BCUT2D eigenvalue weighted by molar-refractivity contribution is -0.145. The zero-order chi connectivity index (χ0) is 12.5. The van der Waals surface area contributed by atoms with E-state index in [2.05, 4.69) is 11.4 Å². The lowest BCUT2D eigenvalue weighted by Crippen LogP contribution is -2.51. The Balaban J connectivity index is 2.08. The van der Waals surface area contributed by atoms with Gasteiger partial charge in [0.15, 0.2) is 0 Å². The van der Waals surface area contributed by atoms with Crippen molar-refractivity contribution in [1.29, 1.82) is 5.26 Å². The lowest BCUT2D eigenvalue weighted by Gasteiger charge is -2.41. The van der Waals surface area contributed by atoms with Crippen molar-refractivity contribution in [2.75, 3.05) is 5.32 Å². The minimum Gasteiger partial charge on any atom is -0.481 e. The average molecular weight is 234 g/mol. The molecular formula is C12H11FN2O2. The highest BCUT2D eigenvalue weighted by Gasteiger charge is 2.48. The number of nitrogens with one attached hydrogen (secondary N) is 1. The fraction of sp³-hybridized carbons (Fsp3) is 0.333. The molecule has 17 heavy (non-hydrogen) atoms. The van der Waals surface area contributed by atoms with Gasteiger partial charge < -0.3 is 10.4 Å². The first-order valence-corrected chi connectivity index (χ1v) is 5.22. The van der Waals surface area contributed by atoms with Crippen LogP contribution in [0.15, 0.2) is 24.3 Å². The summed E-state index contributed by atoms with van der Waals surface area (Å²) in [6.45, 7) is 0. The van der Waals surface area contributed by atoms with E-state index in [0.717, 1.165) is 0 Å². The number of hydrogen-bond acceptors (Lipinski definition) is 3. The van der Waals surface area contributed by atoms with E-state index in [-0.39, 0.29) is 12.8 Å². The van der Waals surface area contributed by atoms with Crippen LogP contribution >= 0.6 is 0 Å². The Bertz CT molecular complexity index is 490. The number of carboxylic acids is 1. The van der Waals surface area contributed by atoms with Crippen LogP contribution in [0.4, 0.5) is 10.1 Å². The van der Waals surface area contributed by atoms with Gasteiger partial charge >= 0.3 is 5.97 Å². The molecule has 1 aromatic rings. The van der Waals surface area contributed by atoms with E-state index in [1.165, 1.54) is 18.2 Å². The number of carbonyl (C=O) groups is 1. The molecule has 0 aromatic heterocycles.